The SMILES string of the molecule is CCN1CCN(CCc2cn(C(=O)OC(C)(C)C)c3ccccc23)C(=O)C1=O. The van der Waals surface area contributed by atoms with Gasteiger partial charge in [0.2, 0.25) is 0 Å². The summed E-state index contributed by atoms with van der Waals surface area (Å²) in [6.07, 6.45) is 1.90. The Hall–Kier alpha value is -2.83. The van der Waals surface area contributed by atoms with Gasteiger partial charge in [-0.1, -0.05) is 18.2 Å². The molecule has 0 unspecified atom stereocenters. The molecule has 0 radical (unpaired) electrons. The first kappa shape index (κ1) is 19.9. The number of aromatic nitrogens is 1. The van der Waals surface area contributed by atoms with Crippen LogP contribution in [0.3, 0.4) is 0 Å². The van der Waals surface area contributed by atoms with Crippen LogP contribution in [-0.4, -0.2) is 64.1 Å². The van der Waals surface area contributed by atoms with Gasteiger partial charge in [0.25, 0.3) is 0 Å². The highest BCUT2D eigenvalue weighted by atomic mass is 16.6. The standard InChI is InChI=1S/C21H27N3O4/c1-5-22-12-13-23(19(26)18(22)25)11-10-15-14-24(20(27)28-21(2,3)4)17-9-7-6-8-16(15)17/h6-9,14H,5,10-13H2,1-4H3. The molecule has 0 aliphatic carbocycles. The van der Waals surface area contributed by atoms with Gasteiger partial charge >= 0.3 is 17.9 Å². The number of carbonyl (C=O) groups excluding carboxylic acids is 3. The molecule has 1 fully saturated rings. The number of amides is 2. The number of fused-ring (bicyclic) bond motifs is 1. The van der Waals surface area contributed by atoms with E-state index in [0.717, 1.165) is 16.5 Å². The van der Waals surface area contributed by atoms with Crippen LogP contribution in [0.1, 0.15) is 33.3 Å². The Kier molecular flexibility index (Phi) is 5.45. The van der Waals surface area contributed by atoms with E-state index >= 15 is 0 Å². The van der Waals surface area contributed by atoms with E-state index in [2.05, 4.69) is 0 Å². The van der Waals surface area contributed by atoms with E-state index in [-0.39, 0.29) is 0 Å². The molecular formula is C21H27N3O4. The molecule has 0 saturated carbocycles. The zero-order valence-electron chi connectivity index (χ0n) is 16.9. The zero-order valence-corrected chi connectivity index (χ0v) is 16.9. The Morgan fingerprint density at radius 3 is 2.39 bits per heavy atom. The molecule has 0 bridgehead atoms. The van der Waals surface area contributed by atoms with Crippen molar-refractivity contribution in [1.82, 2.24) is 14.4 Å². The second kappa shape index (κ2) is 7.66. The van der Waals surface area contributed by atoms with Crippen LogP contribution in [0, 0.1) is 0 Å². The number of para-hydroxylation sites is 1. The van der Waals surface area contributed by atoms with E-state index < -0.39 is 23.5 Å². The first-order valence-electron chi connectivity index (χ1n) is 9.61. The number of nitrogens with zero attached hydrogens (tertiary/aromatic N) is 3. The molecule has 3 rings (SSSR count). The summed E-state index contributed by atoms with van der Waals surface area (Å²) in [5.74, 6) is -0.895. The van der Waals surface area contributed by atoms with E-state index in [1.165, 1.54) is 4.57 Å². The summed E-state index contributed by atoms with van der Waals surface area (Å²) in [7, 11) is 0. The summed E-state index contributed by atoms with van der Waals surface area (Å²) >= 11 is 0. The maximum absolute atomic E-state index is 12.6. The fourth-order valence-electron chi connectivity index (χ4n) is 3.40. The molecule has 0 N–H and O–H groups in total. The van der Waals surface area contributed by atoms with Crippen LogP contribution in [0.15, 0.2) is 30.5 Å². The summed E-state index contributed by atoms with van der Waals surface area (Å²) in [5.41, 5.74) is 1.12. The smallest absolute Gasteiger partial charge is 0.419 e. The third kappa shape index (κ3) is 4.03. The molecule has 28 heavy (non-hydrogen) atoms. The summed E-state index contributed by atoms with van der Waals surface area (Å²) in [4.78, 5) is 40.1. The number of piperazine rings is 1. The van der Waals surface area contributed by atoms with Crippen LogP contribution in [0.4, 0.5) is 4.79 Å². The molecule has 1 aliphatic rings. The van der Waals surface area contributed by atoms with Gasteiger partial charge in [0.15, 0.2) is 0 Å². The van der Waals surface area contributed by atoms with Crippen molar-refractivity contribution in [2.75, 3.05) is 26.2 Å². The zero-order chi connectivity index (χ0) is 20.5. The van der Waals surface area contributed by atoms with Gasteiger partial charge in [0.1, 0.15) is 5.60 Å². The van der Waals surface area contributed by atoms with Gasteiger partial charge in [0, 0.05) is 37.8 Å². The minimum atomic E-state index is -0.589. The third-order valence-electron chi connectivity index (χ3n) is 4.81. The van der Waals surface area contributed by atoms with Crippen LogP contribution in [0.25, 0.3) is 10.9 Å². The Bertz CT molecular complexity index is 910. The highest BCUT2D eigenvalue weighted by Gasteiger charge is 2.31. The van der Waals surface area contributed by atoms with Crippen LogP contribution >= 0.6 is 0 Å². The molecule has 1 aromatic carbocycles. The molecule has 2 amide bonds. The van der Waals surface area contributed by atoms with Gasteiger partial charge in [-0.05, 0) is 45.7 Å². The molecular weight excluding hydrogens is 358 g/mol. The second-order valence-corrected chi connectivity index (χ2v) is 7.95. The van der Waals surface area contributed by atoms with Crippen molar-refractivity contribution in [1.29, 1.82) is 0 Å². The van der Waals surface area contributed by atoms with Gasteiger partial charge in [-0.15, -0.1) is 0 Å². The first-order chi connectivity index (χ1) is 13.2. The van der Waals surface area contributed by atoms with Gasteiger partial charge in [0.05, 0.1) is 5.52 Å². The van der Waals surface area contributed by atoms with Crippen LogP contribution < -0.4 is 0 Å². The summed E-state index contributed by atoms with van der Waals surface area (Å²) in [5, 5.41) is 0.944. The van der Waals surface area contributed by atoms with E-state index in [1.807, 2.05) is 52.0 Å². The molecule has 2 heterocycles. The number of hydrogen-bond acceptors (Lipinski definition) is 4. The summed E-state index contributed by atoms with van der Waals surface area (Å²) in [6, 6.07) is 7.62. The number of rotatable bonds is 4. The highest BCUT2D eigenvalue weighted by Crippen LogP contribution is 2.23. The Balaban J connectivity index is 1.80. The van der Waals surface area contributed by atoms with Crippen molar-refractivity contribution in [2.24, 2.45) is 0 Å². The number of hydrogen-bond donors (Lipinski definition) is 0. The lowest BCUT2D eigenvalue weighted by atomic mass is 10.1. The fourth-order valence-corrected chi connectivity index (χ4v) is 3.40. The summed E-state index contributed by atoms with van der Waals surface area (Å²) < 4.78 is 7.02. The number of carbonyl (C=O) groups is 3. The van der Waals surface area contributed by atoms with Crippen LogP contribution in [0.2, 0.25) is 0 Å². The lowest BCUT2D eigenvalue weighted by Crippen LogP contribution is -2.54. The van der Waals surface area contributed by atoms with Gasteiger partial charge in [-0.25, -0.2) is 4.79 Å². The predicted molar refractivity (Wildman–Crippen MR) is 106 cm³/mol. The van der Waals surface area contributed by atoms with E-state index in [0.29, 0.717) is 32.6 Å². The predicted octanol–water partition coefficient (Wildman–Crippen LogP) is 2.66. The highest BCUT2D eigenvalue weighted by molar-refractivity contribution is 6.35. The molecule has 7 heteroatoms. The molecule has 1 aliphatic heterocycles. The minimum absolute atomic E-state index is 0.433. The maximum atomic E-state index is 12.6. The summed E-state index contributed by atoms with van der Waals surface area (Å²) in [6.45, 7) is 9.42. The van der Waals surface area contributed by atoms with Crippen LogP contribution in [0.5, 0.6) is 0 Å². The first-order valence-corrected chi connectivity index (χ1v) is 9.61. The van der Waals surface area contributed by atoms with Gasteiger partial charge < -0.3 is 14.5 Å². The van der Waals surface area contributed by atoms with Crippen molar-refractivity contribution in [3.8, 4) is 0 Å². The lowest BCUT2D eigenvalue weighted by molar-refractivity contribution is -0.155. The minimum Gasteiger partial charge on any atom is -0.443 e. The lowest BCUT2D eigenvalue weighted by Gasteiger charge is -2.33. The van der Waals surface area contributed by atoms with E-state index in [1.54, 1.807) is 16.0 Å². The van der Waals surface area contributed by atoms with Gasteiger partial charge in [-0.2, -0.15) is 0 Å². The molecule has 150 valence electrons. The fraction of sp³-hybridized carbons (Fsp3) is 0.476. The van der Waals surface area contributed by atoms with Crippen molar-refractivity contribution in [2.45, 2.75) is 39.7 Å². The van der Waals surface area contributed by atoms with Crippen molar-refractivity contribution < 1.29 is 19.1 Å². The van der Waals surface area contributed by atoms with Crippen molar-refractivity contribution in [3.63, 3.8) is 0 Å². The van der Waals surface area contributed by atoms with E-state index in [4.69, 9.17) is 4.74 Å². The molecule has 0 spiro atoms. The van der Waals surface area contributed by atoms with E-state index in [9.17, 15) is 14.4 Å². The van der Waals surface area contributed by atoms with Gasteiger partial charge in [-0.3, -0.25) is 14.2 Å². The Morgan fingerprint density at radius 1 is 1.07 bits per heavy atom. The third-order valence-corrected chi connectivity index (χ3v) is 4.81. The average Bonchev–Trinajstić information content (AvgIpc) is 3.01. The average molecular weight is 385 g/mol. The Labute approximate surface area is 164 Å². The number of likely N-dealkylation sites (N-methyl/N-ethyl adjacent to an activating group) is 1. The van der Waals surface area contributed by atoms with Crippen LogP contribution in [-0.2, 0) is 20.7 Å². The van der Waals surface area contributed by atoms with Crippen molar-refractivity contribution in [3.05, 3.63) is 36.0 Å². The molecule has 1 aromatic heterocycles. The van der Waals surface area contributed by atoms with Crippen molar-refractivity contribution >= 4 is 28.8 Å². The largest absolute Gasteiger partial charge is 0.443 e. The monoisotopic (exact) mass is 385 g/mol. The number of ether oxygens (including phenoxy) is 1. The topological polar surface area (TPSA) is 71.8 Å². The maximum Gasteiger partial charge on any atom is 0.419 e. The second-order valence-electron chi connectivity index (χ2n) is 7.95. The normalized spacial score (nSPS) is 15.4. The number of benzene rings is 1. The quantitative estimate of drug-likeness (QED) is 0.759. The molecule has 0 atom stereocenters. The molecule has 2 aromatic rings. The molecule has 7 nitrogen and oxygen atoms in total. The Morgan fingerprint density at radius 2 is 1.71 bits per heavy atom. The molecule has 1 saturated heterocycles.